The van der Waals surface area contributed by atoms with Crippen LogP contribution in [0.15, 0.2) is 58.7 Å². The predicted octanol–water partition coefficient (Wildman–Crippen LogP) is 3.06. The fourth-order valence-electron chi connectivity index (χ4n) is 3.62. The van der Waals surface area contributed by atoms with Crippen molar-refractivity contribution in [2.45, 2.75) is 37.4 Å². The second kappa shape index (κ2) is 10.5. The molecule has 0 aliphatic carbocycles. The lowest BCUT2D eigenvalue weighted by atomic mass is 10.1. The molecule has 0 bridgehead atoms. The molecule has 11 nitrogen and oxygen atoms in total. The van der Waals surface area contributed by atoms with Crippen molar-refractivity contribution >= 4 is 46.0 Å². The van der Waals surface area contributed by atoms with Gasteiger partial charge in [-0.1, -0.05) is 24.3 Å². The van der Waals surface area contributed by atoms with E-state index >= 15 is 0 Å². The SMILES string of the molecule is CC(O)C(=O)NCCCn1c(SC2=COC(c3ccccc3-c3nccs3)O2)nc2c(N)ncnc21. The Balaban J connectivity index is 1.33. The van der Waals surface area contributed by atoms with Crippen LogP contribution in [0.5, 0.6) is 0 Å². The number of imidazole rings is 1. The number of hydrogen-bond donors (Lipinski definition) is 3. The van der Waals surface area contributed by atoms with Gasteiger partial charge in [-0.2, -0.15) is 0 Å². The highest BCUT2D eigenvalue weighted by molar-refractivity contribution is 8.02. The minimum Gasteiger partial charge on any atom is -0.454 e. The molecule has 2 atom stereocenters. The van der Waals surface area contributed by atoms with Crippen molar-refractivity contribution in [1.29, 1.82) is 0 Å². The number of aryl methyl sites for hydroxylation is 1. The zero-order valence-electron chi connectivity index (χ0n) is 19.2. The van der Waals surface area contributed by atoms with E-state index in [1.807, 2.05) is 34.2 Å². The van der Waals surface area contributed by atoms with Crippen molar-refractivity contribution in [3.05, 3.63) is 59.1 Å². The van der Waals surface area contributed by atoms with Crippen LogP contribution in [0.1, 0.15) is 25.2 Å². The molecule has 5 rings (SSSR count). The summed E-state index contributed by atoms with van der Waals surface area (Å²) in [6.45, 7) is 2.30. The fraction of sp³-hybridized carbons (Fsp3) is 0.261. The number of nitrogens with zero attached hydrogens (tertiary/aromatic N) is 5. The first-order valence-electron chi connectivity index (χ1n) is 11.1. The van der Waals surface area contributed by atoms with Gasteiger partial charge < -0.3 is 30.2 Å². The van der Waals surface area contributed by atoms with Gasteiger partial charge >= 0.3 is 0 Å². The fourth-order valence-corrected chi connectivity index (χ4v) is 5.15. The number of thiazole rings is 1. The second-order valence-electron chi connectivity index (χ2n) is 7.85. The molecule has 1 aliphatic heterocycles. The topological polar surface area (TPSA) is 150 Å². The van der Waals surface area contributed by atoms with Crippen molar-refractivity contribution in [3.63, 3.8) is 0 Å². The average Bonchev–Trinajstić information content (AvgIpc) is 3.63. The Kier molecular flexibility index (Phi) is 7.02. The van der Waals surface area contributed by atoms with Crippen LogP contribution in [-0.4, -0.2) is 48.2 Å². The van der Waals surface area contributed by atoms with Crippen LogP contribution in [0.4, 0.5) is 5.82 Å². The summed E-state index contributed by atoms with van der Waals surface area (Å²) >= 11 is 2.83. The molecule has 0 radical (unpaired) electrons. The number of amides is 1. The van der Waals surface area contributed by atoms with E-state index < -0.39 is 18.3 Å². The number of aliphatic hydroxyl groups excluding tert-OH is 1. The Labute approximate surface area is 214 Å². The number of carbonyl (C=O) groups excluding carboxylic acids is 1. The first-order chi connectivity index (χ1) is 17.5. The molecule has 186 valence electrons. The number of rotatable bonds is 9. The van der Waals surface area contributed by atoms with Gasteiger partial charge in [0, 0.05) is 35.8 Å². The third-order valence-electron chi connectivity index (χ3n) is 5.34. The molecule has 3 aromatic heterocycles. The molecule has 4 aromatic rings. The van der Waals surface area contributed by atoms with Crippen LogP contribution < -0.4 is 11.1 Å². The van der Waals surface area contributed by atoms with Gasteiger partial charge in [0.05, 0.1) is 0 Å². The Morgan fingerprint density at radius 2 is 2.19 bits per heavy atom. The van der Waals surface area contributed by atoms with E-state index in [2.05, 4.69) is 25.3 Å². The van der Waals surface area contributed by atoms with Crippen LogP contribution in [0.2, 0.25) is 0 Å². The minimum atomic E-state index is -1.06. The summed E-state index contributed by atoms with van der Waals surface area (Å²) < 4.78 is 13.9. The Bertz CT molecular complexity index is 1400. The smallest absolute Gasteiger partial charge is 0.268 e. The summed E-state index contributed by atoms with van der Waals surface area (Å²) in [6.07, 6.45) is 3.63. The Morgan fingerprint density at radius 3 is 3.00 bits per heavy atom. The van der Waals surface area contributed by atoms with Crippen molar-refractivity contribution in [2.75, 3.05) is 12.3 Å². The number of nitrogens with two attached hydrogens (primary N) is 1. The number of nitrogens with one attached hydrogen (secondary N) is 1. The van der Waals surface area contributed by atoms with Gasteiger partial charge in [-0.3, -0.25) is 4.79 Å². The molecule has 4 N–H and O–H groups in total. The molecule has 0 saturated carbocycles. The number of hydrogen-bond acceptors (Lipinski definition) is 11. The van der Waals surface area contributed by atoms with Crippen molar-refractivity contribution in [3.8, 4) is 10.6 Å². The van der Waals surface area contributed by atoms with Crippen molar-refractivity contribution in [1.82, 2.24) is 29.8 Å². The maximum absolute atomic E-state index is 11.6. The highest BCUT2D eigenvalue weighted by Crippen LogP contribution is 2.41. The first-order valence-corrected chi connectivity index (χ1v) is 12.8. The van der Waals surface area contributed by atoms with Crippen molar-refractivity contribution < 1.29 is 19.4 Å². The van der Waals surface area contributed by atoms with E-state index in [4.69, 9.17) is 15.2 Å². The summed E-state index contributed by atoms with van der Waals surface area (Å²) in [4.78, 5) is 29.1. The average molecular weight is 526 g/mol. The van der Waals surface area contributed by atoms with Crippen LogP contribution in [0, 0.1) is 0 Å². The molecule has 1 amide bonds. The van der Waals surface area contributed by atoms with Crippen LogP contribution in [0.25, 0.3) is 21.7 Å². The minimum absolute atomic E-state index is 0.274. The van der Waals surface area contributed by atoms with Crippen LogP contribution in [-0.2, 0) is 20.8 Å². The number of aromatic nitrogens is 5. The highest BCUT2D eigenvalue weighted by atomic mass is 32.2. The van der Waals surface area contributed by atoms with Gasteiger partial charge in [-0.15, -0.1) is 11.3 Å². The number of nitrogen functional groups attached to an aromatic ring is 1. The maximum Gasteiger partial charge on any atom is 0.268 e. The molecule has 0 spiro atoms. The number of fused-ring (bicyclic) bond motifs is 1. The van der Waals surface area contributed by atoms with Crippen LogP contribution >= 0.6 is 23.1 Å². The highest BCUT2D eigenvalue weighted by Gasteiger charge is 2.27. The Morgan fingerprint density at radius 1 is 1.33 bits per heavy atom. The zero-order valence-corrected chi connectivity index (χ0v) is 20.8. The first kappa shape index (κ1) is 24.0. The molecule has 1 aliphatic rings. The number of benzene rings is 1. The molecule has 0 saturated heterocycles. The zero-order chi connectivity index (χ0) is 25.1. The van der Waals surface area contributed by atoms with Gasteiger partial charge in [0.2, 0.25) is 11.0 Å². The van der Waals surface area contributed by atoms with Gasteiger partial charge in [0.25, 0.3) is 6.29 Å². The normalized spacial score (nSPS) is 15.8. The lowest BCUT2D eigenvalue weighted by Crippen LogP contribution is -2.33. The number of carbonyl (C=O) groups is 1. The summed E-state index contributed by atoms with van der Waals surface area (Å²) in [7, 11) is 0. The number of aliphatic hydroxyl groups is 1. The number of thioether (sulfide) groups is 1. The third-order valence-corrected chi connectivity index (χ3v) is 7.04. The number of ether oxygens (including phenoxy) is 2. The Hall–Kier alpha value is -3.68. The lowest BCUT2D eigenvalue weighted by molar-refractivity contribution is -0.128. The van der Waals surface area contributed by atoms with E-state index in [-0.39, 0.29) is 5.82 Å². The molecule has 1 aromatic carbocycles. The summed E-state index contributed by atoms with van der Waals surface area (Å²) in [6, 6.07) is 7.83. The lowest BCUT2D eigenvalue weighted by Gasteiger charge is -2.15. The predicted molar refractivity (Wildman–Crippen MR) is 135 cm³/mol. The molecular formula is C23H23N7O4S2. The molecule has 2 unspecified atom stereocenters. The third kappa shape index (κ3) is 4.98. The molecule has 13 heteroatoms. The number of anilines is 1. The van der Waals surface area contributed by atoms with E-state index in [0.29, 0.717) is 40.9 Å². The summed E-state index contributed by atoms with van der Waals surface area (Å²) in [5.74, 6) is -0.145. The largest absolute Gasteiger partial charge is 0.454 e. The van der Waals surface area contributed by atoms with Gasteiger partial charge in [0.1, 0.15) is 23.7 Å². The van der Waals surface area contributed by atoms with E-state index in [1.165, 1.54) is 25.0 Å². The second-order valence-corrected chi connectivity index (χ2v) is 9.71. The van der Waals surface area contributed by atoms with Crippen molar-refractivity contribution in [2.24, 2.45) is 0 Å². The van der Waals surface area contributed by atoms with Gasteiger partial charge in [-0.05, 0) is 25.1 Å². The van der Waals surface area contributed by atoms with E-state index in [0.717, 1.165) is 16.1 Å². The molecule has 36 heavy (non-hydrogen) atoms. The maximum atomic E-state index is 11.6. The molecule has 0 fully saturated rings. The van der Waals surface area contributed by atoms with E-state index in [9.17, 15) is 9.90 Å². The van der Waals surface area contributed by atoms with Crippen LogP contribution in [0.3, 0.4) is 0 Å². The monoisotopic (exact) mass is 525 g/mol. The summed E-state index contributed by atoms with van der Waals surface area (Å²) in [5, 5.41) is 16.0. The van der Waals surface area contributed by atoms with E-state index in [1.54, 1.807) is 23.8 Å². The van der Waals surface area contributed by atoms with Gasteiger partial charge in [0.15, 0.2) is 22.1 Å². The molecule has 4 heterocycles. The summed E-state index contributed by atoms with van der Waals surface area (Å²) in [5.41, 5.74) is 8.93. The molecular weight excluding hydrogens is 502 g/mol. The van der Waals surface area contributed by atoms with Gasteiger partial charge in [-0.25, -0.2) is 19.9 Å². The quantitative estimate of drug-likeness (QED) is 0.278. The standard InChI is InChI=1S/C23H23N7O4S2/c1-13(31)20(32)25-7-4-9-30-19-17(18(24)27-12-28-19)29-23(30)36-16-11-33-22(34-16)15-6-3-2-5-14(15)21-26-8-10-35-21/h2-3,5-6,8,10-13,22,31H,4,7,9H2,1H3,(H,25,32)(H2,24,27,28).